The highest BCUT2D eigenvalue weighted by Crippen LogP contribution is 2.29. The van der Waals surface area contributed by atoms with Gasteiger partial charge in [-0.15, -0.1) is 0 Å². The number of hydrazone groups is 1. The van der Waals surface area contributed by atoms with Gasteiger partial charge in [0.05, 0.1) is 11.4 Å². The van der Waals surface area contributed by atoms with Crippen LogP contribution in [0.5, 0.6) is 0 Å². The van der Waals surface area contributed by atoms with Crippen molar-refractivity contribution in [2.45, 2.75) is 0 Å². The lowest BCUT2D eigenvalue weighted by Crippen LogP contribution is -2.06. The van der Waals surface area contributed by atoms with Crippen molar-refractivity contribution in [3.05, 3.63) is 113 Å². The molecule has 4 aromatic carbocycles. The predicted octanol–water partition coefficient (Wildman–Crippen LogP) is 6.47. The zero-order valence-electron chi connectivity index (χ0n) is 14.1. The van der Waals surface area contributed by atoms with E-state index in [9.17, 15) is 0 Å². The molecule has 0 aliphatic heterocycles. The summed E-state index contributed by atoms with van der Waals surface area (Å²) in [5.74, 6) is 0. The third-order valence-electron chi connectivity index (χ3n) is 4.25. The zero-order chi connectivity index (χ0) is 17.8. The Morgan fingerprint density at radius 3 is 1.85 bits per heavy atom. The first-order chi connectivity index (χ1) is 12.8. The SMILES string of the molecule is Brc1cccc2c(NN=C(c3ccccc3)c3ccccc3)cccc12. The van der Waals surface area contributed by atoms with Crippen LogP contribution in [0.15, 0.2) is 107 Å². The Kier molecular flexibility index (Phi) is 4.80. The van der Waals surface area contributed by atoms with Crippen LogP contribution in [0.1, 0.15) is 11.1 Å². The van der Waals surface area contributed by atoms with Crippen LogP contribution in [0.3, 0.4) is 0 Å². The van der Waals surface area contributed by atoms with E-state index in [2.05, 4.69) is 63.8 Å². The van der Waals surface area contributed by atoms with Crippen molar-refractivity contribution in [3.8, 4) is 0 Å². The van der Waals surface area contributed by atoms with Gasteiger partial charge in [0.1, 0.15) is 0 Å². The predicted molar refractivity (Wildman–Crippen MR) is 114 cm³/mol. The van der Waals surface area contributed by atoms with E-state index in [0.717, 1.165) is 37.8 Å². The molecule has 2 nitrogen and oxygen atoms in total. The Hall–Kier alpha value is -2.91. The second-order valence-corrected chi connectivity index (χ2v) is 6.80. The minimum atomic E-state index is 0.915. The van der Waals surface area contributed by atoms with E-state index in [1.165, 1.54) is 0 Å². The van der Waals surface area contributed by atoms with Crippen LogP contribution in [0.2, 0.25) is 0 Å². The molecule has 0 amide bonds. The van der Waals surface area contributed by atoms with E-state index in [1.807, 2.05) is 54.6 Å². The summed E-state index contributed by atoms with van der Waals surface area (Å²) in [6.45, 7) is 0. The quantitative estimate of drug-likeness (QED) is 0.308. The average Bonchev–Trinajstić information content (AvgIpc) is 2.70. The molecule has 0 radical (unpaired) electrons. The molecule has 1 N–H and O–H groups in total. The van der Waals surface area contributed by atoms with E-state index in [0.29, 0.717) is 0 Å². The Labute approximate surface area is 161 Å². The van der Waals surface area contributed by atoms with Crippen LogP contribution in [-0.4, -0.2) is 5.71 Å². The number of hydrogen-bond donors (Lipinski definition) is 1. The van der Waals surface area contributed by atoms with Crippen LogP contribution in [-0.2, 0) is 0 Å². The third-order valence-corrected chi connectivity index (χ3v) is 4.94. The highest BCUT2D eigenvalue weighted by atomic mass is 79.9. The number of fused-ring (bicyclic) bond motifs is 1. The van der Waals surface area contributed by atoms with Crippen molar-refractivity contribution in [2.75, 3.05) is 5.43 Å². The molecule has 0 aliphatic rings. The van der Waals surface area contributed by atoms with Crippen LogP contribution >= 0.6 is 15.9 Å². The standard InChI is InChI=1S/C23H17BrN2/c24-21-15-7-14-20-19(21)13-8-16-22(20)25-26-23(17-9-3-1-4-10-17)18-11-5-2-6-12-18/h1-16,25H. The number of anilines is 1. The van der Waals surface area contributed by atoms with Crippen LogP contribution in [0.25, 0.3) is 10.8 Å². The summed E-state index contributed by atoms with van der Waals surface area (Å²) < 4.78 is 1.08. The van der Waals surface area contributed by atoms with E-state index < -0.39 is 0 Å². The topological polar surface area (TPSA) is 24.4 Å². The Morgan fingerprint density at radius 2 is 1.19 bits per heavy atom. The molecule has 3 heteroatoms. The van der Waals surface area contributed by atoms with Crippen LogP contribution in [0.4, 0.5) is 5.69 Å². The number of nitrogens with zero attached hydrogens (tertiary/aromatic N) is 1. The molecule has 0 fully saturated rings. The monoisotopic (exact) mass is 400 g/mol. The first-order valence-electron chi connectivity index (χ1n) is 8.45. The largest absolute Gasteiger partial charge is 0.277 e. The molecule has 0 saturated heterocycles. The molecule has 0 aliphatic carbocycles. The number of nitrogens with one attached hydrogen (secondary N) is 1. The van der Waals surface area contributed by atoms with Crippen molar-refractivity contribution in [1.82, 2.24) is 0 Å². The van der Waals surface area contributed by atoms with Crippen molar-refractivity contribution in [2.24, 2.45) is 5.10 Å². The second kappa shape index (κ2) is 7.54. The normalized spacial score (nSPS) is 10.5. The van der Waals surface area contributed by atoms with Gasteiger partial charge in [-0.3, -0.25) is 5.43 Å². The minimum absolute atomic E-state index is 0.915. The number of benzene rings is 4. The van der Waals surface area contributed by atoms with Crippen molar-refractivity contribution < 1.29 is 0 Å². The number of rotatable bonds is 4. The molecule has 26 heavy (non-hydrogen) atoms. The van der Waals surface area contributed by atoms with Gasteiger partial charge in [0.2, 0.25) is 0 Å². The van der Waals surface area contributed by atoms with Crippen LogP contribution < -0.4 is 5.43 Å². The van der Waals surface area contributed by atoms with Crippen molar-refractivity contribution in [1.29, 1.82) is 0 Å². The fraction of sp³-hybridized carbons (Fsp3) is 0. The number of hydrogen-bond acceptors (Lipinski definition) is 2. The van der Waals surface area contributed by atoms with E-state index >= 15 is 0 Å². The molecular formula is C23H17BrN2. The van der Waals surface area contributed by atoms with Gasteiger partial charge in [-0.2, -0.15) is 5.10 Å². The maximum Gasteiger partial charge on any atom is 0.0977 e. The Morgan fingerprint density at radius 1 is 0.615 bits per heavy atom. The molecule has 0 aromatic heterocycles. The van der Waals surface area contributed by atoms with Gasteiger partial charge in [0.25, 0.3) is 0 Å². The smallest absolute Gasteiger partial charge is 0.0977 e. The van der Waals surface area contributed by atoms with E-state index in [4.69, 9.17) is 5.10 Å². The van der Waals surface area contributed by atoms with Gasteiger partial charge < -0.3 is 0 Å². The molecule has 0 unspecified atom stereocenters. The van der Waals surface area contributed by atoms with E-state index in [-0.39, 0.29) is 0 Å². The molecule has 0 bridgehead atoms. The summed E-state index contributed by atoms with van der Waals surface area (Å²) in [5, 5.41) is 7.06. The minimum Gasteiger partial charge on any atom is -0.277 e. The average molecular weight is 401 g/mol. The Bertz CT molecular complexity index is 1020. The fourth-order valence-corrected chi connectivity index (χ4v) is 3.47. The molecule has 0 atom stereocenters. The highest BCUT2D eigenvalue weighted by molar-refractivity contribution is 9.10. The summed E-state index contributed by atoms with van der Waals surface area (Å²) >= 11 is 3.62. The highest BCUT2D eigenvalue weighted by Gasteiger charge is 2.07. The van der Waals surface area contributed by atoms with Crippen molar-refractivity contribution >= 4 is 38.1 Å². The molecule has 4 rings (SSSR count). The van der Waals surface area contributed by atoms with Gasteiger partial charge in [0, 0.05) is 21.0 Å². The van der Waals surface area contributed by atoms with Crippen molar-refractivity contribution in [3.63, 3.8) is 0 Å². The second-order valence-electron chi connectivity index (χ2n) is 5.94. The Balaban J connectivity index is 1.79. The van der Waals surface area contributed by atoms with E-state index in [1.54, 1.807) is 0 Å². The molecule has 0 heterocycles. The lowest BCUT2D eigenvalue weighted by atomic mass is 10.0. The maximum absolute atomic E-state index is 4.77. The van der Waals surface area contributed by atoms with Gasteiger partial charge in [-0.1, -0.05) is 101 Å². The number of halogens is 1. The maximum atomic E-state index is 4.77. The first-order valence-corrected chi connectivity index (χ1v) is 9.24. The zero-order valence-corrected chi connectivity index (χ0v) is 15.6. The molecule has 0 saturated carbocycles. The lowest BCUT2D eigenvalue weighted by Gasteiger charge is -2.11. The summed E-state index contributed by atoms with van der Waals surface area (Å²) in [6, 6.07) is 32.8. The molecule has 126 valence electrons. The van der Waals surface area contributed by atoms with Gasteiger partial charge in [-0.05, 0) is 17.5 Å². The van der Waals surface area contributed by atoms with Crippen LogP contribution in [0, 0.1) is 0 Å². The molecular weight excluding hydrogens is 384 g/mol. The van der Waals surface area contributed by atoms with Gasteiger partial charge in [-0.25, -0.2) is 0 Å². The summed E-state index contributed by atoms with van der Waals surface area (Å²) in [4.78, 5) is 0. The lowest BCUT2D eigenvalue weighted by molar-refractivity contribution is 1.34. The summed E-state index contributed by atoms with van der Waals surface area (Å²) in [5.41, 5.74) is 7.33. The first kappa shape index (κ1) is 16.6. The fourth-order valence-electron chi connectivity index (χ4n) is 2.97. The third kappa shape index (κ3) is 3.39. The molecule has 4 aromatic rings. The van der Waals surface area contributed by atoms with Gasteiger partial charge >= 0.3 is 0 Å². The summed E-state index contributed by atoms with van der Waals surface area (Å²) in [6.07, 6.45) is 0. The van der Waals surface area contributed by atoms with Gasteiger partial charge in [0.15, 0.2) is 0 Å². The summed E-state index contributed by atoms with van der Waals surface area (Å²) in [7, 11) is 0. The molecule has 0 spiro atoms.